The number of thiazole rings is 1. The van der Waals surface area contributed by atoms with Crippen molar-refractivity contribution < 1.29 is 14.3 Å². The first-order valence-corrected chi connectivity index (χ1v) is 12.7. The molecule has 2 atom stereocenters. The summed E-state index contributed by atoms with van der Waals surface area (Å²) in [6.45, 7) is 6.31. The Morgan fingerprint density at radius 2 is 1.94 bits per heavy atom. The van der Waals surface area contributed by atoms with Crippen LogP contribution in [0.5, 0.6) is 5.75 Å². The van der Waals surface area contributed by atoms with Crippen molar-refractivity contribution in [3.8, 4) is 5.75 Å². The molecule has 0 unspecified atom stereocenters. The number of likely N-dealkylation sites (N-methyl/N-ethyl adjacent to an activating group) is 1. The van der Waals surface area contributed by atoms with Crippen LogP contribution in [-0.2, 0) is 16.0 Å². The number of piperazine rings is 1. The molecule has 2 aliphatic rings. The van der Waals surface area contributed by atoms with Gasteiger partial charge in [0.2, 0.25) is 11.8 Å². The zero-order chi connectivity index (χ0) is 23.4. The minimum absolute atomic E-state index is 0.0542. The number of halogens is 1. The quantitative estimate of drug-likeness (QED) is 0.622. The van der Waals surface area contributed by atoms with Crippen LogP contribution in [0.15, 0.2) is 29.6 Å². The van der Waals surface area contributed by atoms with Crippen molar-refractivity contribution in [3.63, 3.8) is 0 Å². The lowest BCUT2D eigenvalue weighted by Crippen LogP contribution is -2.52. The van der Waals surface area contributed by atoms with Gasteiger partial charge in [0, 0.05) is 68.4 Å². The molecular formula is C24H31ClN4O3S. The highest BCUT2D eigenvalue weighted by atomic mass is 35.5. The van der Waals surface area contributed by atoms with E-state index in [1.807, 2.05) is 40.3 Å². The first-order chi connectivity index (χ1) is 15.9. The topological polar surface area (TPSA) is 66.0 Å². The van der Waals surface area contributed by atoms with Gasteiger partial charge in [-0.1, -0.05) is 17.7 Å². The van der Waals surface area contributed by atoms with E-state index in [4.69, 9.17) is 16.3 Å². The van der Waals surface area contributed by atoms with Crippen LogP contribution in [0.25, 0.3) is 0 Å². The number of aryl methyl sites for hydroxylation is 1. The van der Waals surface area contributed by atoms with Crippen molar-refractivity contribution in [3.05, 3.63) is 45.4 Å². The van der Waals surface area contributed by atoms with Gasteiger partial charge in [-0.05, 0) is 32.2 Å². The van der Waals surface area contributed by atoms with Crippen molar-refractivity contribution in [1.82, 2.24) is 19.7 Å². The minimum Gasteiger partial charge on any atom is -0.490 e. The van der Waals surface area contributed by atoms with Gasteiger partial charge in [-0.2, -0.15) is 0 Å². The third-order valence-corrected chi connectivity index (χ3v) is 7.45. The third-order valence-electron chi connectivity index (χ3n) is 6.39. The largest absolute Gasteiger partial charge is 0.490 e. The van der Waals surface area contributed by atoms with Crippen LogP contribution in [0.1, 0.15) is 23.5 Å². The molecule has 178 valence electrons. The molecule has 0 N–H and O–H groups in total. The predicted molar refractivity (Wildman–Crippen MR) is 130 cm³/mol. The maximum atomic E-state index is 13.1. The van der Waals surface area contributed by atoms with Gasteiger partial charge in [-0.15, -0.1) is 11.3 Å². The number of aromatic nitrogens is 1. The van der Waals surface area contributed by atoms with E-state index in [9.17, 15) is 9.59 Å². The first kappa shape index (κ1) is 24.0. The summed E-state index contributed by atoms with van der Waals surface area (Å²) in [7, 11) is 2.07. The molecule has 2 amide bonds. The molecule has 0 aliphatic carbocycles. The normalized spacial score (nSPS) is 21.8. The summed E-state index contributed by atoms with van der Waals surface area (Å²) >= 11 is 7.69. The number of hydrogen-bond donors (Lipinski definition) is 0. The number of ether oxygens (including phenoxy) is 1. The Morgan fingerprint density at radius 1 is 1.15 bits per heavy atom. The Morgan fingerprint density at radius 3 is 2.64 bits per heavy atom. The number of rotatable bonds is 6. The van der Waals surface area contributed by atoms with Gasteiger partial charge in [0.1, 0.15) is 11.9 Å². The number of carbonyl (C=O) groups is 2. The molecule has 4 rings (SSSR count). The fourth-order valence-electron chi connectivity index (χ4n) is 4.47. The van der Waals surface area contributed by atoms with Crippen molar-refractivity contribution in [1.29, 1.82) is 0 Å². The average molecular weight is 491 g/mol. The highest BCUT2D eigenvalue weighted by molar-refractivity contribution is 7.09. The second-order valence-corrected chi connectivity index (χ2v) is 10.4. The van der Waals surface area contributed by atoms with E-state index in [1.54, 1.807) is 17.4 Å². The highest BCUT2D eigenvalue weighted by Gasteiger charge is 2.35. The molecule has 2 aliphatic heterocycles. The number of likely N-dealkylation sites (tertiary alicyclic amines) is 1. The van der Waals surface area contributed by atoms with Crippen LogP contribution in [0.2, 0.25) is 5.02 Å². The highest BCUT2D eigenvalue weighted by Crippen LogP contribution is 2.28. The van der Waals surface area contributed by atoms with Crippen LogP contribution < -0.4 is 4.74 Å². The van der Waals surface area contributed by atoms with Gasteiger partial charge < -0.3 is 19.4 Å². The molecule has 0 spiro atoms. The van der Waals surface area contributed by atoms with E-state index < -0.39 is 0 Å². The molecule has 7 nitrogen and oxygen atoms in total. The van der Waals surface area contributed by atoms with Gasteiger partial charge in [0.25, 0.3) is 0 Å². The van der Waals surface area contributed by atoms with Crippen molar-refractivity contribution in [2.24, 2.45) is 5.92 Å². The molecule has 0 bridgehead atoms. The lowest BCUT2D eigenvalue weighted by molar-refractivity contribution is -0.139. The van der Waals surface area contributed by atoms with Crippen LogP contribution in [0.4, 0.5) is 0 Å². The monoisotopic (exact) mass is 490 g/mol. The second kappa shape index (κ2) is 10.8. The maximum Gasteiger partial charge on any atom is 0.228 e. The van der Waals surface area contributed by atoms with Gasteiger partial charge in [0.05, 0.1) is 17.1 Å². The Kier molecular flexibility index (Phi) is 7.88. The standard InChI is InChI=1S/C24H31ClN4O3S/c1-17-26-20(16-33-17)14-24(31)29-7-6-22(32-21-5-3-4-19(25)13-21)18(15-29)12-23(30)28-10-8-27(2)9-11-28/h3-5,13,16,18,22H,6-12,14-15H2,1-2H3/t18-,22-/m0/s1. The van der Waals surface area contributed by atoms with Crippen LogP contribution in [0, 0.1) is 12.8 Å². The minimum atomic E-state index is -0.148. The predicted octanol–water partition coefficient (Wildman–Crippen LogP) is 3.11. The Balaban J connectivity index is 1.44. The molecule has 1 aromatic heterocycles. The van der Waals surface area contributed by atoms with E-state index in [1.165, 1.54) is 0 Å². The molecule has 2 saturated heterocycles. The fourth-order valence-corrected chi connectivity index (χ4v) is 5.26. The van der Waals surface area contributed by atoms with Crippen molar-refractivity contribution >= 4 is 34.8 Å². The van der Waals surface area contributed by atoms with E-state index in [-0.39, 0.29) is 23.8 Å². The lowest BCUT2D eigenvalue weighted by atomic mass is 9.90. The summed E-state index contributed by atoms with van der Waals surface area (Å²) in [5, 5.41) is 3.52. The third kappa shape index (κ3) is 6.46. The number of piperidine rings is 1. The van der Waals surface area contributed by atoms with E-state index in [0.717, 1.165) is 36.9 Å². The molecule has 2 aromatic rings. The molecule has 33 heavy (non-hydrogen) atoms. The molecular weight excluding hydrogens is 460 g/mol. The first-order valence-electron chi connectivity index (χ1n) is 11.4. The SMILES string of the molecule is Cc1nc(CC(=O)N2CC[C@H](Oc3cccc(Cl)c3)[C@@H](CC(=O)N3CCN(C)CC3)C2)cs1. The Labute approximate surface area is 204 Å². The van der Waals surface area contributed by atoms with Gasteiger partial charge >= 0.3 is 0 Å². The van der Waals surface area contributed by atoms with Crippen molar-refractivity contribution in [2.45, 2.75) is 32.3 Å². The van der Waals surface area contributed by atoms with Crippen LogP contribution in [0.3, 0.4) is 0 Å². The van der Waals surface area contributed by atoms with E-state index in [2.05, 4.69) is 16.9 Å². The fraction of sp³-hybridized carbons (Fsp3) is 0.542. The maximum absolute atomic E-state index is 13.1. The molecule has 9 heteroatoms. The molecule has 1 aromatic carbocycles. The molecule has 0 radical (unpaired) electrons. The van der Waals surface area contributed by atoms with Crippen LogP contribution >= 0.6 is 22.9 Å². The van der Waals surface area contributed by atoms with Gasteiger partial charge in [0.15, 0.2) is 0 Å². The number of carbonyl (C=O) groups excluding carboxylic acids is 2. The van der Waals surface area contributed by atoms with E-state index >= 15 is 0 Å². The smallest absolute Gasteiger partial charge is 0.228 e. The molecule has 0 saturated carbocycles. The van der Waals surface area contributed by atoms with Gasteiger partial charge in [-0.3, -0.25) is 9.59 Å². The second-order valence-electron chi connectivity index (χ2n) is 8.93. The molecule has 3 heterocycles. The zero-order valence-corrected chi connectivity index (χ0v) is 20.8. The number of hydrogen-bond acceptors (Lipinski definition) is 6. The summed E-state index contributed by atoms with van der Waals surface area (Å²) < 4.78 is 6.29. The molecule has 2 fully saturated rings. The van der Waals surface area contributed by atoms with Gasteiger partial charge in [-0.25, -0.2) is 4.98 Å². The van der Waals surface area contributed by atoms with Crippen molar-refractivity contribution in [2.75, 3.05) is 46.3 Å². The Bertz CT molecular complexity index is 976. The number of benzene rings is 1. The summed E-state index contributed by atoms with van der Waals surface area (Å²) in [6.07, 6.45) is 1.19. The van der Waals surface area contributed by atoms with Crippen LogP contribution in [-0.4, -0.2) is 83.9 Å². The summed E-state index contributed by atoms with van der Waals surface area (Å²) in [6, 6.07) is 7.34. The lowest BCUT2D eigenvalue weighted by Gasteiger charge is -2.40. The average Bonchev–Trinajstić information content (AvgIpc) is 3.19. The number of nitrogens with zero attached hydrogens (tertiary/aromatic N) is 4. The zero-order valence-electron chi connectivity index (χ0n) is 19.2. The number of amides is 2. The summed E-state index contributed by atoms with van der Waals surface area (Å²) in [5.74, 6) is 0.809. The van der Waals surface area contributed by atoms with E-state index in [0.29, 0.717) is 43.1 Å². The Hall–Kier alpha value is -2.16. The summed E-state index contributed by atoms with van der Waals surface area (Å²) in [4.78, 5) is 36.6. The summed E-state index contributed by atoms with van der Waals surface area (Å²) in [5.41, 5.74) is 0.810.